The number of likely N-dealkylation sites (tertiary alicyclic amines) is 1. The number of hydrogen-bond acceptors (Lipinski definition) is 5. The highest BCUT2D eigenvalue weighted by Crippen LogP contribution is 2.34. The monoisotopic (exact) mass is 432 g/mol. The van der Waals surface area contributed by atoms with E-state index in [1.165, 1.54) is 10.8 Å². The Labute approximate surface area is 185 Å². The minimum atomic E-state index is -0.766. The number of benzene rings is 2. The molecule has 0 radical (unpaired) electrons. The van der Waals surface area contributed by atoms with Crippen molar-refractivity contribution < 1.29 is 14.3 Å². The van der Waals surface area contributed by atoms with Gasteiger partial charge in [0.2, 0.25) is 5.91 Å². The molecule has 5 rings (SSSR count). The molecular formula is C24H24N4O4. The summed E-state index contributed by atoms with van der Waals surface area (Å²) in [6.07, 6.45) is 3.55. The molecule has 1 aromatic heterocycles. The molecule has 0 aliphatic carbocycles. The van der Waals surface area contributed by atoms with E-state index in [-0.39, 0.29) is 30.5 Å². The van der Waals surface area contributed by atoms with Crippen molar-refractivity contribution in [3.63, 3.8) is 0 Å². The first-order valence-electron chi connectivity index (χ1n) is 10.9. The summed E-state index contributed by atoms with van der Waals surface area (Å²) < 4.78 is 7.43. The maximum absolute atomic E-state index is 13.4. The molecule has 2 aromatic carbocycles. The first-order chi connectivity index (χ1) is 15.6. The minimum Gasteiger partial charge on any atom is -0.476 e. The third-order valence-corrected chi connectivity index (χ3v) is 6.06. The summed E-state index contributed by atoms with van der Waals surface area (Å²) >= 11 is 0. The maximum Gasteiger partial charge on any atom is 0.269 e. The SMILES string of the molecule is O=C(C1CN(C(=O)Cn2c(=O)cnc3ccccc32)c2ccccc2O1)N1CCCCC1. The van der Waals surface area contributed by atoms with Crippen molar-refractivity contribution in [1.29, 1.82) is 0 Å². The van der Waals surface area contributed by atoms with Crippen molar-refractivity contribution in [2.45, 2.75) is 31.9 Å². The van der Waals surface area contributed by atoms with Crippen LogP contribution >= 0.6 is 0 Å². The highest BCUT2D eigenvalue weighted by molar-refractivity contribution is 5.97. The molecule has 0 saturated carbocycles. The Bertz CT molecular complexity index is 1230. The molecule has 2 aliphatic heterocycles. The number of anilines is 1. The lowest BCUT2D eigenvalue weighted by atomic mass is 10.1. The van der Waals surface area contributed by atoms with Gasteiger partial charge < -0.3 is 14.5 Å². The van der Waals surface area contributed by atoms with Crippen molar-refractivity contribution >= 4 is 28.5 Å². The quantitative estimate of drug-likeness (QED) is 0.634. The Morgan fingerprint density at radius 1 is 1.00 bits per heavy atom. The fourth-order valence-corrected chi connectivity index (χ4v) is 4.42. The van der Waals surface area contributed by atoms with Gasteiger partial charge in [0.25, 0.3) is 11.5 Å². The molecule has 1 atom stereocenters. The van der Waals surface area contributed by atoms with Crippen molar-refractivity contribution in [1.82, 2.24) is 14.5 Å². The van der Waals surface area contributed by atoms with Crippen LogP contribution in [0.1, 0.15) is 19.3 Å². The van der Waals surface area contributed by atoms with Gasteiger partial charge in [-0.1, -0.05) is 24.3 Å². The number of nitrogens with zero attached hydrogens (tertiary/aromatic N) is 4. The van der Waals surface area contributed by atoms with E-state index in [4.69, 9.17) is 4.74 Å². The van der Waals surface area contributed by atoms with Crippen LogP contribution in [0.2, 0.25) is 0 Å². The number of fused-ring (bicyclic) bond motifs is 2. The predicted octanol–water partition coefficient (Wildman–Crippen LogP) is 2.20. The summed E-state index contributed by atoms with van der Waals surface area (Å²) in [6, 6.07) is 14.4. The molecule has 0 spiro atoms. The molecule has 32 heavy (non-hydrogen) atoms. The van der Waals surface area contributed by atoms with E-state index < -0.39 is 6.10 Å². The summed E-state index contributed by atoms with van der Waals surface area (Å²) in [6.45, 7) is 1.39. The van der Waals surface area contributed by atoms with Gasteiger partial charge in [0.05, 0.1) is 29.5 Å². The van der Waals surface area contributed by atoms with E-state index in [1.54, 1.807) is 29.2 Å². The average Bonchev–Trinajstić information content (AvgIpc) is 2.85. The molecule has 0 bridgehead atoms. The molecule has 1 fully saturated rings. The van der Waals surface area contributed by atoms with Crippen molar-refractivity contribution in [2.24, 2.45) is 0 Å². The van der Waals surface area contributed by atoms with Gasteiger partial charge in [-0.25, -0.2) is 4.98 Å². The fourth-order valence-electron chi connectivity index (χ4n) is 4.42. The highest BCUT2D eigenvalue weighted by Gasteiger charge is 2.36. The van der Waals surface area contributed by atoms with E-state index in [2.05, 4.69) is 4.98 Å². The van der Waals surface area contributed by atoms with E-state index in [0.717, 1.165) is 19.3 Å². The zero-order chi connectivity index (χ0) is 22.1. The molecule has 3 aromatic rings. The van der Waals surface area contributed by atoms with Crippen LogP contribution in [0.4, 0.5) is 5.69 Å². The van der Waals surface area contributed by atoms with Crippen LogP contribution in [-0.2, 0) is 16.1 Å². The van der Waals surface area contributed by atoms with Crippen LogP contribution in [-0.4, -0.2) is 52.0 Å². The third kappa shape index (κ3) is 3.72. The molecule has 1 unspecified atom stereocenters. The van der Waals surface area contributed by atoms with Crippen molar-refractivity contribution in [3.05, 3.63) is 65.1 Å². The Kier molecular flexibility index (Phi) is 5.34. The normalized spacial score (nSPS) is 18.2. The second-order valence-corrected chi connectivity index (χ2v) is 8.14. The molecule has 164 valence electrons. The smallest absolute Gasteiger partial charge is 0.269 e. The fraction of sp³-hybridized carbons (Fsp3) is 0.333. The lowest BCUT2D eigenvalue weighted by Gasteiger charge is -2.37. The van der Waals surface area contributed by atoms with Gasteiger partial charge >= 0.3 is 0 Å². The number of ether oxygens (including phenoxy) is 1. The summed E-state index contributed by atoms with van der Waals surface area (Å²) in [5, 5.41) is 0. The van der Waals surface area contributed by atoms with Gasteiger partial charge in [-0.2, -0.15) is 0 Å². The van der Waals surface area contributed by atoms with Crippen LogP contribution in [0.3, 0.4) is 0 Å². The maximum atomic E-state index is 13.4. The van der Waals surface area contributed by atoms with Gasteiger partial charge in [-0.15, -0.1) is 0 Å². The Hall–Kier alpha value is -3.68. The number of amides is 2. The number of aromatic nitrogens is 2. The van der Waals surface area contributed by atoms with E-state index in [0.29, 0.717) is 35.6 Å². The van der Waals surface area contributed by atoms with Crippen molar-refractivity contribution in [3.8, 4) is 5.75 Å². The van der Waals surface area contributed by atoms with Gasteiger partial charge in [0.1, 0.15) is 12.3 Å². The van der Waals surface area contributed by atoms with Crippen LogP contribution in [0, 0.1) is 0 Å². The Morgan fingerprint density at radius 3 is 2.59 bits per heavy atom. The Balaban J connectivity index is 1.45. The van der Waals surface area contributed by atoms with E-state index in [9.17, 15) is 14.4 Å². The number of rotatable bonds is 3. The van der Waals surface area contributed by atoms with Gasteiger partial charge in [-0.05, 0) is 43.5 Å². The van der Waals surface area contributed by atoms with Crippen LogP contribution in [0.5, 0.6) is 5.75 Å². The molecular weight excluding hydrogens is 408 g/mol. The Morgan fingerprint density at radius 2 is 1.75 bits per heavy atom. The highest BCUT2D eigenvalue weighted by atomic mass is 16.5. The lowest BCUT2D eigenvalue weighted by Crippen LogP contribution is -2.53. The average molecular weight is 432 g/mol. The minimum absolute atomic E-state index is 0.0940. The lowest BCUT2D eigenvalue weighted by molar-refractivity contribution is -0.139. The zero-order valence-corrected chi connectivity index (χ0v) is 17.6. The topological polar surface area (TPSA) is 84.7 Å². The van der Waals surface area contributed by atoms with E-state index >= 15 is 0 Å². The molecule has 0 N–H and O–H groups in total. The van der Waals surface area contributed by atoms with Gasteiger partial charge in [-0.3, -0.25) is 19.0 Å². The number of para-hydroxylation sites is 4. The summed E-state index contributed by atoms with van der Waals surface area (Å²) in [5.41, 5.74) is 1.49. The molecule has 2 aliphatic rings. The molecule has 8 heteroatoms. The first kappa shape index (κ1) is 20.2. The third-order valence-electron chi connectivity index (χ3n) is 6.06. The second-order valence-electron chi connectivity index (χ2n) is 8.14. The molecule has 8 nitrogen and oxygen atoms in total. The number of carbonyl (C=O) groups excluding carboxylic acids is 2. The summed E-state index contributed by atoms with van der Waals surface area (Å²) in [4.78, 5) is 46.6. The van der Waals surface area contributed by atoms with Crippen molar-refractivity contribution in [2.75, 3.05) is 24.5 Å². The summed E-state index contributed by atoms with van der Waals surface area (Å²) in [7, 11) is 0. The van der Waals surface area contributed by atoms with E-state index in [1.807, 2.05) is 29.2 Å². The van der Waals surface area contributed by atoms with Gasteiger partial charge in [0, 0.05) is 13.1 Å². The first-order valence-corrected chi connectivity index (χ1v) is 10.9. The standard InChI is InChI=1S/C24H24N4O4/c29-22-14-25-17-8-2-3-9-18(17)28(22)16-23(30)27-15-21(24(31)26-12-6-1-7-13-26)32-20-11-5-4-10-19(20)27/h2-5,8-11,14,21H,1,6-7,12-13,15-16H2. The zero-order valence-electron chi connectivity index (χ0n) is 17.6. The number of carbonyl (C=O) groups is 2. The molecule has 1 saturated heterocycles. The van der Waals surface area contributed by atoms with Crippen LogP contribution in [0.15, 0.2) is 59.5 Å². The number of hydrogen-bond donors (Lipinski definition) is 0. The molecule has 3 heterocycles. The van der Waals surface area contributed by atoms with Gasteiger partial charge in [0.15, 0.2) is 6.10 Å². The second kappa shape index (κ2) is 8.45. The predicted molar refractivity (Wildman–Crippen MR) is 120 cm³/mol. The summed E-state index contributed by atoms with van der Waals surface area (Å²) in [5.74, 6) is 0.119. The molecule has 2 amide bonds. The number of piperidine rings is 1. The van der Waals surface area contributed by atoms with Crippen LogP contribution < -0.4 is 15.2 Å². The van der Waals surface area contributed by atoms with Crippen LogP contribution in [0.25, 0.3) is 11.0 Å². The largest absolute Gasteiger partial charge is 0.476 e.